The third-order valence-corrected chi connectivity index (χ3v) is 4.51. The predicted octanol–water partition coefficient (Wildman–Crippen LogP) is 2.24. The molecule has 2 N–H and O–H groups in total. The van der Waals surface area contributed by atoms with Crippen molar-refractivity contribution in [1.29, 1.82) is 0 Å². The van der Waals surface area contributed by atoms with Crippen molar-refractivity contribution in [2.75, 3.05) is 11.4 Å². The van der Waals surface area contributed by atoms with E-state index in [0.717, 1.165) is 6.42 Å². The van der Waals surface area contributed by atoms with Crippen LogP contribution in [0.2, 0.25) is 0 Å². The van der Waals surface area contributed by atoms with Gasteiger partial charge in [-0.1, -0.05) is 25.1 Å². The summed E-state index contributed by atoms with van der Waals surface area (Å²) in [5.74, 6) is -0.722. The molecule has 126 valence electrons. The fourth-order valence-electron chi connectivity index (χ4n) is 3.41. The van der Waals surface area contributed by atoms with E-state index in [2.05, 4.69) is 10.2 Å². The number of aromatic nitrogens is 2. The van der Waals surface area contributed by atoms with Crippen LogP contribution < -0.4 is 4.90 Å². The molecule has 0 unspecified atom stereocenters. The third kappa shape index (κ3) is 2.34. The maximum Gasteiger partial charge on any atom is 0.264 e. The number of nitrogens with zero attached hydrogens (tertiary/aromatic N) is 2. The number of Topliss-reactive ketones (excluding diaryl/α,β-unsaturated/α-hetero) is 1. The van der Waals surface area contributed by atoms with Crippen LogP contribution in [-0.4, -0.2) is 33.5 Å². The standard InChI is InChI=1S/C18H21N3O3/c1-4-9-21-14-8-6-5-7-13(14)18(24,17(21)23)10-15(22)16-11(2)19-20-12(16)3/h5-8,24H,4,9-10H2,1-3H3,(H,19,20)/t18-/m1/s1. The van der Waals surface area contributed by atoms with Crippen LogP contribution in [0.15, 0.2) is 24.3 Å². The van der Waals surface area contributed by atoms with Crippen molar-refractivity contribution in [2.24, 2.45) is 0 Å². The first-order valence-electron chi connectivity index (χ1n) is 8.08. The Morgan fingerprint density at radius 3 is 2.67 bits per heavy atom. The molecule has 1 amide bonds. The van der Waals surface area contributed by atoms with E-state index in [0.29, 0.717) is 34.7 Å². The number of aryl methyl sites for hydroxylation is 2. The number of carbonyl (C=O) groups excluding carboxylic acids is 2. The molecule has 0 fully saturated rings. The summed E-state index contributed by atoms with van der Waals surface area (Å²) in [6.45, 7) is 5.96. The highest BCUT2D eigenvalue weighted by Crippen LogP contribution is 2.43. The second-order valence-electron chi connectivity index (χ2n) is 6.24. The molecule has 0 spiro atoms. The summed E-state index contributed by atoms with van der Waals surface area (Å²) in [4.78, 5) is 27.2. The molecule has 6 nitrogen and oxygen atoms in total. The van der Waals surface area contributed by atoms with Gasteiger partial charge < -0.3 is 10.0 Å². The number of ketones is 1. The van der Waals surface area contributed by atoms with Crippen molar-refractivity contribution in [3.8, 4) is 0 Å². The van der Waals surface area contributed by atoms with E-state index in [1.165, 1.54) is 0 Å². The molecule has 24 heavy (non-hydrogen) atoms. The molecule has 1 atom stereocenters. The number of carbonyl (C=O) groups is 2. The Bertz CT molecular complexity index is 792. The topological polar surface area (TPSA) is 86.3 Å². The predicted molar refractivity (Wildman–Crippen MR) is 90.0 cm³/mol. The van der Waals surface area contributed by atoms with E-state index in [9.17, 15) is 14.7 Å². The van der Waals surface area contributed by atoms with Crippen LogP contribution in [0, 0.1) is 13.8 Å². The van der Waals surface area contributed by atoms with Crippen molar-refractivity contribution in [2.45, 2.75) is 39.2 Å². The first-order valence-corrected chi connectivity index (χ1v) is 8.08. The van der Waals surface area contributed by atoms with Gasteiger partial charge in [0.2, 0.25) is 0 Å². The number of rotatable bonds is 5. The number of anilines is 1. The van der Waals surface area contributed by atoms with Gasteiger partial charge in [0.15, 0.2) is 11.4 Å². The SMILES string of the molecule is CCCN1C(=O)[C@@](O)(CC(=O)c2c(C)n[nH]c2C)c2ccccc21. The minimum absolute atomic E-state index is 0.287. The summed E-state index contributed by atoms with van der Waals surface area (Å²) in [5.41, 5.74) is 1.02. The van der Waals surface area contributed by atoms with Crippen LogP contribution in [0.3, 0.4) is 0 Å². The molecule has 2 aromatic rings. The lowest BCUT2D eigenvalue weighted by molar-refractivity contribution is -0.135. The largest absolute Gasteiger partial charge is 0.375 e. The Morgan fingerprint density at radius 2 is 2.04 bits per heavy atom. The fraction of sp³-hybridized carbons (Fsp3) is 0.389. The number of aliphatic hydroxyl groups is 1. The Morgan fingerprint density at radius 1 is 1.33 bits per heavy atom. The van der Waals surface area contributed by atoms with Gasteiger partial charge in [0.25, 0.3) is 5.91 Å². The lowest BCUT2D eigenvalue weighted by Gasteiger charge is -2.22. The van der Waals surface area contributed by atoms with Crippen LogP contribution in [0.25, 0.3) is 0 Å². The van der Waals surface area contributed by atoms with Crippen LogP contribution in [0.4, 0.5) is 5.69 Å². The van der Waals surface area contributed by atoms with Gasteiger partial charge in [0.1, 0.15) is 0 Å². The number of hydrogen-bond acceptors (Lipinski definition) is 4. The average molecular weight is 327 g/mol. The zero-order valence-corrected chi connectivity index (χ0v) is 14.1. The van der Waals surface area contributed by atoms with Crippen LogP contribution in [-0.2, 0) is 10.4 Å². The molecule has 6 heteroatoms. The minimum Gasteiger partial charge on any atom is -0.375 e. The molecule has 0 aliphatic carbocycles. The zero-order chi connectivity index (χ0) is 17.5. The van der Waals surface area contributed by atoms with E-state index in [1.807, 2.05) is 13.0 Å². The first-order chi connectivity index (χ1) is 11.4. The van der Waals surface area contributed by atoms with Gasteiger partial charge in [-0.3, -0.25) is 14.7 Å². The lowest BCUT2D eigenvalue weighted by Crippen LogP contribution is -2.42. The number of H-pyrrole nitrogens is 1. The van der Waals surface area contributed by atoms with Crippen molar-refractivity contribution < 1.29 is 14.7 Å². The molecule has 0 saturated heterocycles. The van der Waals surface area contributed by atoms with Crippen LogP contribution in [0.1, 0.15) is 47.1 Å². The summed E-state index contributed by atoms with van der Waals surface area (Å²) in [5, 5.41) is 17.9. The van der Waals surface area contributed by atoms with Crippen molar-refractivity contribution >= 4 is 17.4 Å². The Balaban J connectivity index is 2.00. The van der Waals surface area contributed by atoms with E-state index in [1.54, 1.807) is 36.9 Å². The van der Waals surface area contributed by atoms with Crippen molar-refractivity contribution in [1.82, 2.24) is 10.2 Å². The highest BCUT2D eigenvalue weighted by Gasteiger charge is 2.50. The van der Waals surface area contributed by atoms with Crippen molar-refractivity contribution in [3.63, 3.8) is 0 Å². The molecule has 1 aliphatic rings. The smallest absolute Gasteiger partial charge is 0.264 e. The first kappa shape index (κ1) is 16.4. The Hall–Kier alpha value is -2.47. The number of fused-ring (bicyclic) bond motifs is 1. The Kier molecular flexibility index (Phi) is 4.01. The summed E-state index contributed by atoms with van der Waals surface area (Å²) >= 11 is 0. The molecule has 3 rings (SSSR count). The number of para-hydroxylation sites is 1. The van der Waals surface area contributed by atoms with Gasteiger partial charge >= 0.3 is 0 Å². The van der Waals surface area contributed by atoms with Crippen LogP contribution in [0.5, 0.6) is 0 Å². The van der Waals surface area contributed by atoms with Gasteiger partial charge in [-0.15, -0.1) is 0 Å². The molecule has 0 bridgehead atoms. The highest BCUT2D eigenvalue weighted by atomic mass is 16.3. The van der Waals surface area contributed by atoms with E-state index in [-0.39, 0.29) is 12.2 Å². The van der Waals surface area contributed by atoms with E-state index < -0.39 is 11.5 Å². The van der Waals surface area contributed by atoms with Crippen LogP contribution >= 0.6 is 0 Å². The number of benzene rings is 1. The number of hydrogen-bond donors (Lipinski definition) is 2. The quantitative estimate of drug-likeness (QED) is 0.825. The molecular weight excluding hydrogens is 306 g/mol. The summed E-state index contributed by atoms with van der Waals surface area (Å²) < 4.78 is 0. The second-order valence-corrected chi connectivity index (χ2v) is 6.24. The second kappa shape index (κ2) is 5.87. The number of aromatic amines is 1. The number of amides is 1. The normalized spacial score (nSPS) is 19.7. The van der Waals surface area contributed by atoms with Gasteiger partial charge in [-0.25, -0.2) is 0 Å². The molecule has 1 aliphatic heterocycles. The molecule has 2 heterocycles. The monoisotopic (exact) mass is 327 g/mol. The van der Waals surface area contributed by atoms with Gasteiger partial charge in [0, 0.05) is 17.8 Å². The summed E-state index contributed by atoms with van der Waals surface area (Å²) in [7, 11) is 0. The van der Waals surface area contributed by atoms with Gasteiger partial charge in [-0.2, -0.15) is 5.10 Å². The van der Waals surface area contributed by atoms with E-state index >= 15 is 0 Å². The summed E-state index contributed by atoms with van der Waals surface area (Å²) in [6.07, 6.45) is 0.480. The van der Waals surface area contributed by atoms with Gasteiger partial charge in [0.05, 0.1) is 23.4 Å². The Labute approximate surface area is 140 Å². The third-order valence-electron chi connectivity index (χ3n) is 4.51. The molecule has 0 saturated carbocycles. The van der Waals surface area contributed by atoms with E-state index in [4.69, 9.17) is 0 Å². The fourth-order valence-corrected chi connectivity index (χ4v) is 3.41. The maximum absolute atomic E-state index is 12.8. The zero-order valence-electron chi connectivity index (χ0n) is 14.1. The maximum atomic E-state index is 12.8. The molecule has 0 radical (unpaired) electrons. The summed E-state index contributed by atoms with van der Waals surface area (Å²) in [6, 6.07) is 7.11. The minimum atomic E-state index is -1.82. The molecule has 1 aromatic carbocycles. The number of nitrogens with one attached hydrogen (secondary N) is 1. The molecule has 1 aromatic heterocycles. The molecular formula is C18H21N3O3. The average Bonchev–Trinajstić information content (AvgIpc) is 2.99. The highest BCUT2D eigenvalue weighted by molar-refractivity contribution is 6.11. The van der Waals surface area contributed by atoms with Crippen molar-refractivity contribution in [3.05, 3.63) is 46.8 Å². The lowest BCUT2D eigenvalue weighted by atomic mass is 9.87. The van der Waals surface area contributed by atoms with Gasteiger partial charge in [-0.05, 0) is 26.3 Å².